The molecule has 1 aliphatic heterocycles. The fourth-order valence-corrected chi connectivity index (χ4v) is 5.92. The highest BCUT2D eigenvalue weighted by molar-refractivity contribution is 7.91. The molecule has 0 saturated carbocycles. The Morgan fingerprint density at radius 2 is 1.54 bits per heavy atom. The van der Waals surface area contributed by atoms with Crippen LogP contribution in [0.25, 0.3) is 0 Å². The lowest BCUT2D eigenvalue weighted by atomic mass is 10.1. The van der Waals surface area contributed by atoms with E-state index in [0.717, 1.165) is 5.56 Å². The van der Waals surface area contributed by atoms with Crippen molar-refractivity contribution < 1.29 is 22.4 Å². The summed E-state index contributed by atoms with van der Waals surface area (Å²) in [5, 5.41) is 3.38. The molecule has 4 aromatic rings. The van der Waals surface area contributed by atoms with Gasteiger partial charge < -0.3 is 10.2 Å². The highest BCUT2D eigenvalue weighted by Gasteiger charge is 2.36. The van der Waals surface area contributed by atoms with Crippen LogP contribution in [0, 0.1) is 5.82 Å². The van der Waals surface area contributed by atoms with Crippen LogP contribution in [-0.2, 0) is 22.9 Å². The first-order valence-electron chi connectivity index (χ1n) is 11.3. The van der Waals surface area contributed by atoms with Crippen molar-refractivity contribution in [3.8, 4) is 0 Å². The number of hydrogen-bond donors (Lipinski definition) is 1. The van der Waals surface area contributed by atoms with Gasteiger partial charge in [0.1, 0.15) is 5.82 Å². The third-order valence-electron chi connectivity index (χ3n) is 6.07. The molecule has 1 heterocycles. The predicted octanol–water partition coefficient (Wildman–Crippen LogP) is 5.40. The van der Waals surface area contributed by atoms with E-state index >= 15 is 0 Å². The summed E-state index contributed by atoms with van der Waals surface area (Å²) in [4.78, 5) is 27.7. The van der Waals surface area contributed by atoms with Crippen LogP contribution >= 0.6 is 11.6 Å². The van der Waals surface area contributed by atoms with Gasteiger partial charge in [-0.25, -0.2) is 12.8 Å². The smallest absolute Gasteiger partial charge is 0.259 e. The van der Waals surface area contributed by atoms with Crippen LogP contribution in [0.3, 0.4) is 0 Å². The lowest BCUT2D eigenvalue weighted by Crippen LogP contribution is -2.31. The second-order valence-corrected chi connectivity index (χ2v) is 10.8. The third-order valence-corrected chi connectivity index (χ3v) is 8.19. The van der Waals surface area contributed by atoms with Gasteiger partial charge in [-0.2, -0.15) is 0 Å². The Labute approximate surface area is 218 Å². The standard InChI is InChI=1S/C28H20ClFN2O4S/c29-21-10-5-18(6-11-21)16-31-27(33)20-9-14-26-24(15-20)32(17-19-7-12-22(30)13-8-19)28(34)23-3-1-2-4-25(23)37(26,35)36/h1-15H,16-17H2,(H,31,33). The number of fused-ring (bicyclic) bond motifs is 2. The molecule has 0 spiro atoms. The van der Waals surface area contributed by atoms with Gasteiger partial charge in [-0.3, -0.25) is 9.59 Å². The van der Waals surface area contributed by atoms with E-state index in [2.05, 4.69) is 5.32 Å². The SMILES string of the molecule is O=C(NCc1ccc(Cl)cc1)c1ccc2c(c1)N(Cc1ccc(F)cc1)C(=O)c1ccccc1S2(=O)=O. The molecule has 9 heteroatoms. The summed E-state index contributed by atoms with van der Waals surface area (Å²) in [6.45, 7) is 0.209. The number of halogens is 2. The number of carbonyl (C=O) groups excluding carboxylic acids is 2. The van der Waals surface area contributed by atoms with Crippen LogP contribution in [0.2, 0.25) is 5.02 Å². The minimum atomic E-state index is -4.07. The first kappa shape index (κ1) is 24.7. The predicted molar refractivity (Wildman–Crippen MR) is 138 cm³/mol. The summed E-state index contributed by atoms with van der Waals surface area (Å²) in [6, 6.07) is 22.7. The van der Waals surface area contributed by atoms with Crippen molar-refractivity contribution in [2.45, 2.75) is 22.9 Å². The van der Waals surface area contributed by atoms with E-state index in [9.17, 15) is 22.4 Å². The molecule has 0 radical (unpaired) electrons. The van der Waals surface area contributed by atoms with E-state index in [1.54, 1.807) is 36.4 Å². The molecule has 37 heavy (non-hydrogen) atoms. The Balaban J connectivity index is 1.56. The van der Waals surface area contributed by atoms with Gasteiger partial charge in [-0.15, -0.1) is 0 Å². The lowest BCUT2D eigenvalue weighted by Gasteiger charge is -2.23. The molecular weight excluding hydrogens is 515 g/mol. The Morgan fingerprint density at radius 1 is 0.865 bits per heavy atom. The summed E-state index contributed by atoms with van der Waals surface area (Å²) in [7, 11) is -4.07. The molecule has 0 saturated heterocycles. The number of hydrogen-bond acceptors (Lipinski definition) is 4. The number of rotatable bonds is 5. The topological polar surface area (TPSA) is 83.6 Å². The highest BCUT2D eigenvalue weighted by Crippen LogP contribution is 2.38. The molecule has 0 aliphatic carbocycles. The maximum absolute atomic E-state index is 13.7. The van der Waals surface area contributed by atoms with Crippen molar-refractivity contribution in [1.29, 1.82) is 0 Å². The van der Waals surface area contributed by atoms with E-state index < -0.39 is 27.5 Å². The van der Waals surface area contributed by atoms with Gasteiger partial charge in [0.2, 0.25) is 9.84 Å². The van der Waals surface area contributed by atoms with Crippen molar-refractivity contribution in [1.82, 2.24) is 5.32 Å². The molecule has 0 unspecified atom stereocenters. The van der Waals surface area contributed by atoms with E-state index in [1.807, 2.05) is 0 Å². The first-order valence-corrected chi connectivity index (χ1v) is 13.2. The van der Waals surface area contributed by atoms with Gasteiger partial charge in [-0.1, -0.05) is 48.0 Å². The number of nitrogens with zero attached hydrogens (tertiary/aromatic N) is 1. The molecule has 0 aromatic heterocycles. The van der Waals surface area contributed by atoms with Crippen molar-refractivity contribution in [3.63, 3.8) is 0 Å². The molecule has 0 fully saturated rings. The molecule has 1 aliphatic rings. The molecule has 186 valence electrons. The number of sulfone groups is 1. The average molecular weight is 535 g/mol. The van der Waals surface area contributed by atoms with Gasteiger partial charge in [0.25, 0.3) is 11.8 Å². The third kappa shape index (κ3) is 4.85. The van der Waals surface area contributed by atoms with Crippen LogP contribution < -0.4 is 10.2 Å². The molecule has 1 N–H and O–H groups in total. The molecule has 6 nitrogen and oxygen atoms in total. The maximum atomic E-state index is 13.7. The number of anilines is 1. The van der Waals surface area contributed by atoms with Crippen LogP contribution in [0.5, 0.6) is 0 Å². The molecule has 5 rings (SSSR count). The Hall–Kier alpha value is -4.01. The Morgan fingerprint density at radius 3 is 2.27 bits per heavy atom. The average Bonchev–Trinajstić information content (AvgIpc) is 2.97. The largest absolute Gasteiger partial charge is 0.348 e. The second kappa shape index (κ2) is 9.80. The molecule has 0 atom stereocenters. The van der Waals surface area contributed by atoms with Crippen molar-refractivity contribution in [2.75, 3.05) is 4.90 Å². The van der Waals surface area contributed by atoms with Crippen molar-refractivity contribution >= 4 is 38.9 Å². The second-order valence-electron chi connectivity index (χ2n) is 8.51. The van der Waals surface area contributed by atoms with Crippen molar-refractivity contribution in [3.05, 3.63) is 124 Å². The summed E-state index contributed by atoms with van der Waals surface area (Å²) in [6.07, 6.45) is 0. The quantitative estimate of drug-likeness (QED) is 0.371. The Kier molecular flexibility index (Phi) is 6.54. The van der Waals surface area contributed by atoms with Crippen LogP contribution in [0.4, 0.5) is 10.1 Å². The number of benzene rings is 4. The molecular formula is C28H20ClFN2O4S. The Bertz CT molecular complexity index is 1620. The van der Waals surface area contributed by atoms with Gasteiger partial charge in [0.15, 0.2) is 0 Å². The van der Waals surface area contributed by atoms with Crippen molar-refractivity contribution in [2.24, 2.45) is 0 Å². The van der Waals surface area contributed by atoms with Gasteiger partial charge >= 0.3 is 0 Å². The number of amides is 2. The first-order chi connectivity index (χ1) is 17.7. The lowest BCUT2D eigenvalue weighted by molar-refractivity contribution is 0.0947. The molecule has 4 aromatic carbocycles. The summed E-state index contributed by atoms with van der Waals surface area (Å²) >= 11 is 5.91. The van der Waals surface area contributed by atoms with Crippen LogP contribution in [-0.4, -0.2) is 20.2 Å². The van der Waals surface area contributed by atoms with Crippen LogP contribution in [0.15, 0.2) is 101 Å². The maximum Gasteiger partial charge on any atom is 0.259 e. The molecule has 2 amide bonds. The zero-order valence-electron chi connectivity index (χ0n) is 19.3. The summed E-state index contributed by atoms with van der Waals surface area (Å²) in [5.74, 6) is -1.41. The van der Waals surface area contributed by atoms with Gasteiger partial charge in [0.05, 0.1) is 27.6 Å². The minimum absolute atomic E-state index is 0.0220. The highest BCUT2D eigenvalue weighted by atomic mass is 35.5. The zero-order valence-corrected chi connectivity index (χ0v) is 20.9. The monoisotopic (exact) mass is 534 g/mol. The minimum Gasteiger partial charge on any atom is -0.348 e. The van der Waals surface area contributed by atoms with E-state index in [1.165, 1.54) is 59.5 Å². The number of carbonyl (C=O) groups is 2. The van der Waals surface area contributed by atoms with E-state index in [4.69, 9.17) is 11.6 Å². The van der Waals surface area contributed by atoms with E-state index in [-0.39, 0.29) is 39.7 Å². The zero-order chi connectivity index (χ0) is 26.2. The number of nitrogens with one attached hydrogen (secondary N) is 1. The van der Waals surface area contributed by atoms with E-state index in [0.29, 0.717) is 10.6 Å². The summed E-state index contributed by atoms with van der Waals surface area (Å²) in [5.41, 5.74) is 1.71. The normalized spacial score (nSPS) is 13.9. The van der Waals surface area contributed by atoms with Gasteiger partial charge in [0, 0.05) is 17.1 Å². The fourth-order valence-electron chi connectivity index (χ4n) is 4.16. The molecule has 0 bridgehead atoms. The summed E-state index contributed by atoms with van der Waals surface area (Å²) < 4.78 is 40.7. The fraction of sp³-hybridized carbons (Fsp3) is 0.0714. The van der Waals surface area contributed by atoms with Gasteiger partial charge in [-0.05, 0) is 65.7 Å². The van der Waals surface area contributed by atoms with Crippen LogP contribution in [0.1, 0.15) is 31.8 Å².